The first kappa shape index (κ1) is 32.7. The summed E-state index contributed by atoms with van der Waals surface area (Å²) in [6.45, 7) is 10.5. The van der Waals surface area contributed by atoms with Crippen LogP contribution in [0.1, 0.15) is 65.9 Å². The molecule has 0 bridgehead atoms. The van der Waals surface area contributed by atoms with E-state index in [1.807, 2.05) is 35.2 Å². The Morgan fingerprint density at radius 3 is 2.28 bits per heavy atom. The van der Waals surface area contributed by atoms with Gasteiger partial charge in [-0.1, -0.05) is 64.4 Å². The minimum Gasteiger partial charge on any atom is -0.391 e. The number of carbonyl (C=O) groups is 3. The van der Waals surface area contributed by atoms with E-state index in [-0.39, 0.29) is 36.9 Å². The molecule has 2 rings (SSSR count). The normalized spacial score (nSPS) is 20.8. The third kappa shape index (κ3) is 9.01. The highest BCUT2D eigenvalue weighted by atomic mass is 16.5. The third-order valence-corrected chi connectivity index (χ3v) is 8.36. The van der Waals surface area contributed by atoms with E-state index in [1.165, 1.54) is 14.0 Å². The summed E-state index contributed by atoms with van der Waals surface area (Å²) in [5.74, 6) is -0.882. The van der Waals surface area contributed by atoms with Crippen LogP contribution in [-0.4, -0.2) is 78.9 Å². The van der Waals surface area contributed by atoms with Gasteiger partial charge in [0.25, 0.3) is 0 Å². The third-order valence-electron chi connectivity index (χ3n) is 8.36. The molecule has 8 atom stereocenters. The number of hydrogen-bond acceptors (Lipinski definition) is 6. The Balaban J connectivity index is 2.06. The van der Waals surface area contributed by atoms with Crippen molar-refractivity contribution in [1.82, 2.24) is 15.5 Å². The fraction of sp³-hybridized carbons (Fsp3) is 0.700. The van der Waals surface area contributed by atoms with Gasteiger partial charge in [0.2, 0.25) is 17.7 Å². The Morgan fingerprint density at radius 2 is 1.72 bits per heavy atom. The Labute approximate surface area is 234 Å². The van der Waals surface area contributed by atoms with Crippen LogP contribution in [0.3, 0.4) is 0 Å². The molecule has 0 saturated carbocycles. The maximum absolute atomic E-state index is 13.4. The number of rotatable bonds is 15. The average Bonchev–Trinajstić information content (AvgIpc) is 3.42. The summed E-state index contributed by atoms with van der Waals surface area (Å²) in [5.41, 5.74) is 0.912. The lowest BCUT2D eigenvalue weighted by Gasteiger charge is -2.36. The Morgan fingerprint density at radius 1 is 1.05 bits per heavy atom. The van der Waals surface area contributed by atoms with Crippen LogP contribution in [0.4, 0.5) is 0 Å². The molecule has 9 nitrogen and oxygen atoms in total. The van der Waals surface area contributed by atoms with Crippen molar-refractivity contribution in [3.8, 4) is 0 Å². The molecular weight excluding hydrogens is 498 g/mol. The summed E-state index contributed by atoms with van der Waals surface area (Å²) in [4.78, 5) is 41.3. The van der Waals surface area contributed by atoms with E-state index in [1.54, 1.807) is 14.0 Å². The molecule has 0 aromatic heterocycles. The van der Waals surface area contributed by atoms with Crippen LogP contribution in [0, 0.1) is 17.8 Å². The van der Waals surface area contributed by atoms with E-state index < -0.39 is 36.0 Å². The number of amides is 3. The monoisotopic (exact) mass is 547 g/mol. The van der Waals surface area contributed by atoms with Crippen LogP contribution in [0.15, 0.2) is 30.3 Å². The molecule has 39 heavy (non-hydrogen) atoms. The Hall–Kier alpha value is -2.49. The van der Waals surface area contributed by atoms with Crippen LogP contribution in [-0.2, 0) is 30.4 Å². The number of ether oxygens (including phenoxy) is 2. The molecule has 3 N–H and O–H groups in total. The first-order valence-corrected chi connectivity index (χ1v) is 14.2. The van der Waals surface area contributed by atoms with E-state index >= 15 is 0 Å². The second-order valence-corrected chi connectivity index (χ2v) is 10.9. The van der Waals surface area contributed by atoms with Gasteiger partial charge >= 0.3 is 0 Å². The summed E-state index contributed by atoms with van der Waals surface area (Å²) >= 11 is 0. The zero-order valence-corrected chi connectivity index (χ0v) is 24.7. The molecular formula is C30H49N3O6. The highest BCUT2D eigenvalue weighted by Gasteiger charge is 2.41. The first-order chi connectivity index (χ1) is 18.5. The molecule has 220 valence electrons. The van der Waals surface area contributed by atoms with Gasteiger partial charge in [-0.25, -0.2) is 0 Å². The number of likely N-dealkylation sites (tertiary alicyclic amines) is 1. The summed E-state index contributed by atoms with van der Waals surface area (Å²) in [6, 6.07) is 8.02. The largest absolute Gasteiger partial charge is 0.391 e. The molecule has 1 saturated heterocycles. The fourth-order valence-corrected chi connectivity index (χ4v) is 5.38. The minimum atomic E-state index is -1.12. The fourth-order valence-electron chi connectivity index (χ4n) is 5.38. The van der Waals surface area contributed by atoms with Gasteiger partial charge in [-0.2, -0.15) is 0 Å². The lowest BCUT2D eigenvalue weighted by atomic mass is 9.87. The summed E-state index contributed by atoms with van der Waals surface area (Å²) in [6.07, 6.45) is 0.988. The molecule has 9 heteroatoms. The number of nitrogens with zero attached hydrogens (tertiary/aromatic N) is 1. The standard InChI is InChI=1S/C30H49N3O6/c1-8-19(2)20(3)25(38-6)17-26(35)33-16-12-15-24(33)28(39-7)21(4)29(36)32-27(22(5)34)30(37)31-18-23-13-10-9-11-14-23/h9-11,13-14,19-22,24-25,27-28,34H,8,12,15-18H2,1-7H3,(H,31,37)(H,32,36)/t19-,20-,21+,22+,24-,25+,27-,28+/m0/s1. The van der Waals surface area contributed by atoms with E-state index in [4.69, 9.17) is 9.47 Å². The summed E-state index contributed by atoms with van der Waals surface area (Å²) < 4.78 is 11.5. The smallest absolute Gasteiger partial charge is 0.245 e. The van der Waals surface area contributed by atoms with Crippen molar-refractivity contribution >= 4 is 17.7 Å². The molecule has 1 aromatic rings. The van der Waals surface area contributed by atoms with E-state index in [2.05, 4.69) is 31.4 Å². The van der Waals surface area contributed by atoms with Crippen molar-refractivity contribution in [2.75, 3.05) is 20.8 Å². The maximum atomic E-state index is 13.4. The second-order valence-electron chi connectivity index (χ2n) is 10.9. The van der Waals surface area contributed by atoms with Gasteiger partial charge < -0.3 is 30.1 Å². The number of aliphatic hydroxyl groups excluding tert-OH is 1. The maximum Gasteiger partial charge on any atom is 0.245 e. The predicted octanol–water partition coefficient (Wildman–Crippen LogP) is 2.90. The van der Waals surface area contributed by atoms with Gasteiger partial charge in [0.1, 0.15) is 6.04 Å². The van der Waals surface area contributed by atoms with Gasteiger partial charge in [-0.05, 0) is 37.2 Å². The predicted molar refractivity (Wildman–Crippen MR) is 151 cm³/mol. The number of methoxy groups -OCH3 is 2. The van der Waals surface area contributed by atoms with Crippen molar-refractivity contribution in [2.24, 2.45) is 17.8 Å². The van der Waals surface area contributed by atoms with Crippen LogP contribution < -0.4 is 10.6 Å². The van der Waals surface area contributed by atoms with Crippen molar-refractivity contribution in [2.45, 2.75) is 97.2 Å². The van der Waals surface area contributed by atoms with Crippen LogP contribution in [0.2, 0.25) is 0 Å². The highest BCUT2D eigenvalue weighted by molar-refractivity contribution is 5.89. The van der Waals surface area contributed by atoms with Crippen molar-refractivity contribution in [3.63, 3.8) is 0 Å². The van der Waals surface area contributed by atoms with Gasteiger partial charge in [0.05, 0.1) is 36.7 Å². The number of nitrogens with one attached hydrogen (secondary N) is 2. The van der Waals surface area contributed by atoms with E-state index in [0.717, 1.165) is 24.8 Å². The molecule has 0 aliphatic carbocycles. The molecule has 1 heterocycles. The first-order valence-electron chi connectivity index (χ1n) is 14.2. The number of benzene rings is 1. The van der Waals surface area contributed by atoms with Crippen LogP contribution in [0.25, 0.3) is 0 Å². The second kappa shape index (κ2) is 15.9. The van der Waals surface area contributed by atoms with E-state index in [0.29, 0.717) is 12.5 Å². The SMILES string of the molecule is CC[C@H](C)[C@H](C)[C@@H](CC(=O)N1CCC[C@H]1[C@H](OC)[C@@H](C)C(=O)N[C@H](C(=O)NCc1ccccc1)[C@@H](C)O)OC. The van der Waals surface area contributed by atoms with Gasteiger partial charge in [-0.3, -0.25) is 14.4 Å². The number of carbonyl (C=O) groups excluding carboxylic acids is 3. The van der Waals surface area contributed by atoms with E-state index in [9.17, 15) is 19.5 Å². The van der Waals surface area contributed by atoms with Crippen molar-refractivity contribution in [1.29, 1.82) is 0 Å². The molecule has 1 aliphatic rings. The van der Waals surface area contributed by atoms with Crippen LogP contribution in [0.5, 0.6) is 0 Å². The lowest BCUT2D eigenvalue weighted by molar-refractivity contribution is -0.143. The molecule has 0 unspecified atom stereocenters. The number of aliphatic hydroxyl groups is 1. The summed E-state index contributed by atoms with van der Waals surface area (Å²) in [7, 11) is 3.19. The molecule has 3 amide bonds. The average molecular weight is 548 g/mol. The number of hydrogen-bond donors (Lipinski definition) is 3. The van der Waals surface area contributed by atoms with Crippen molar-refractivity contribution in [3.05, 3.63) is 35.9 Å². The zero-order chi connectivity index (χ0) is 29.1. The summed E-state index contributed by atoms with van der Waals surface area (Å²) in [5, 5.41) is 15.8. The molecule has 1 aromatic carbocycles. The Bertz CT molecular complexity index is 911. The quantitative estimate of drug-likeness (QED) is 0.311. The minimum absolute atomic E-state index is 0.00342. The van der Waals surface area contributed by atoms with Gasteiger partial charge in [0.15, 0.2) is 0 Å². The molecule has 0 radical (unpaired) electrons. The molecule has 0 spiro atoms. The Kier molecular flexibility index (Phi) is 13.4. The van der Waals surface area contributed by atoms with Crippen LogP contribution >= 0.6 is 0 Å². The molecule has 1 fully saturated rings. The topological polar surface area (TPSA) is 117 Å². The molecule has 1 aliphatic heterocycles. The van der Waals surface area contributed by atoms with Crippen molar-refractivity contribution < 1.29 is 29.0 Å². The zero-order valence-electron chi connectivity index (χ0n) is 24.7. The van der Waals surface area contributed by atoms with Gasteiger partial charge in [-0.15, -0.1) is 0 Å². The van der Waals surface area contributed by atoms with Gasteiger partial charge in [0, 0.05) is 27.3 Å². The highest BCUT2D eigenvalue weighted by Crippen LogP contribution is 2.29. The lowest BCUT2D eigenvalue weighted by Crippen LogP contribution is -2.56.